The number of hydrogen-bond donors (Lipinski definition) is 2. The van der Waals surface area contributed by atoms with Gasteiger partial charge in [0.05, 0.1) is 0 Å². The summed E-state index contributed by atoms with van der Waals surface area (Å²) in [5.41, 5.74) is 1.30. The van der Waals surface area contributed by atoms with Crippen molar-refractivity contribution in [1.29, 1.82) is 0 Å². The van der Waals surface area contributed by atoms with Crippen LogP contribution in [0, 0.1) is 6.92 Å². The van der Waals surface area contributed by atoms with E-state index >= 15 is 0 Å². The van der Waals surface area contributed by atoms with Crippen molar-refractivity contribution in [3.63, 3.8) is 0 Å². The predicted octanol–water partition coefficient (Wildman–Crippen LogP) is 3.06. The summed E-state index contributed by atoms with van der Waals surface area (Å²) in [6.45, 7) is 1.86. The molecule has 2 rings (SSSR count). The second kappa shape index (κ2) is 5.38. The maximum absolute atomic E-state index is 11.8. The molecule has 7 heteroatoms. The number of rotatable bonds is 3. The first kappa shape index (κ1) is 13.5. The molecule has 0 aliphatic carbocycles. The standard InChI is InChI=1S/C12H9ClN2O3S/c1-6-2-3-7(4-8(6)13)14-10(16)11-15-9(5-19-11)12(17)18/h2-5H,1H3,(H,14,16)(H,17,18). The van der Waals surface area contributed by atoms with E-state index in [-0.39, 0.29) is 10.7 Å². The number of carboxylic acids is 1. The summed E-state index contributed by atoms with van der Waals surface area (Å²) >= 11 is 6.92. The summed E-state index contributed by atoms with van der Waals surface area (Å²) in [7, 11) is 0. The van der Waals surface area contributed by atoms with Crippen molar-refractivity contribution < 1.29 is 14.7 Å². The van der Waals surface area contributed by atoms with Crippen LogP contribution >= 0.6 is 22.9 Å². The van der Waals surface area contributed by atoms with E-state index in [2.05, 4.69) is 10.3 Å². The lowest BCUT2D eigenvalue weighted by molar-refractivity contribution is 0.0691. The molecule has 1 heterocycles. The van der Waals surface area contributed by atoms with Crippen molar-refractivity contribution in [2.45, 2.75) is 6.92 Å². The Morgan fingerprint density at radius 1 is 1.42 bits per heavy atom. The minimum Gasteiger partial charge on any atom is -0.476 e. The highest BCUT2D eigenvalue weighted by Gasteiger charge is 2.15. The van der Waals surface area contributed by atoms with E-state index < -0.39 is 11.9 Å². The van der Waals surface area contributed by atoms with Crippen molar-refractivity contribution >= 4 is 40.5 Å². The first-order chi connectivity index (χ1) is 8.97. The number of aromatic nitrogens is 1. The third-order valence-electron chi connectivity index (χ3n) is 2.35. The molecule has 5 nitrogen and oxygen atoms in total. The van der Waals surface area contributed by atoms with E-state index in [9.17, 15) is 9.59 Å². The van der Waals surface area contributed by atoms with E-state index in [0.29, 0.717) is 10.7 Å². The number of carbonyl (C=O) groups is 2. The largest absolute Gasteiger partial charge is 0.476 e. The number of aromatic carboxylic acids is 1. The Balaban J connectivity index is 2.15. The molecule has 0 bridgehead atoms. The Kier molecular flexibility index (Phi) is 3.82. The summed E-state index contributed by atoms with van der Waals surface area (Å²) in [5, 5.41) is 13.3. The average molecular weight is 297 g/mol. The number of nitrogens with one attached hydrogen (secondary N) is 1. The quantitative estimate of drug-likeness (QED) is 0.912. The first-order valence-electron chi connectivity index (χ1n) is 5.23. The zero-order valence-electron chi connectivity index (χ0n) is 9.81. The molecule has 0 aliphatic heterocycles. The highest BCUT2D eigenvalue weighted by atomic mass is 35.5. The maximum atomic E-state index is 11.8. The van der Waals surface area contributed by atoms with Crippen LogP contribution in [0.5, 0.6) is 0 Å². The zero-order valence-corrected chi connectivity index (χ0v) is 11.4. The molecule has 1 aromatic carbocycles. The van der Waals surface area contributed by atoms with Crippen LogP contribution in [0.4, 0.5) is 5.69 Å². The fourth-order valence-corrected chi connectivity index (χ4v) is 2.20. The number of carbonyl (C=O) groups excluding carboxylic acids is 1. The number of carboxylic acid groups (broad SMARTS) is 1. The van der Waals surface area contributed by atoms with Crippen molar-refractivity contribution in [1.82, 2.24) is 4.98 Å². The molecule has 0 saturated heterocycles. The number of aryl methyl sites for hydroxylation is 1. The average Bonchev–Trinajstić information content (AvgIpc) is 2.83. The Morgan fingerprint density at radius 3 is 2.74 bits per heavy atom. The lowest BCUT2D eigenvalue weighted by Crippen LogP contribution is -2.12. The van der Waals surface area contributed by atoms with Crippen molar-refractivity contribution in [2.24, 2.45) is 0 Å². The van der Waals surface area contributed by atoms with Crippen molar-refractivity contribution in [2.75, 3.05) is 5.32 Å². The van der Waals surface area contributed by atoms with Gasteiger partial charge in [-0.2, -0.15) is 0 Å². The summed E-state index contributed by atoms with van der Waals surface area (Å²) in [6.07, 6.45) is 0. The second-order valence-electron chi connectivity index (χ2n) is 3.76. The number of anilines is 1. The van der Waals surface area contributed by atoms with Crippen LogP contribution in [0.3, 0.4) is 0 Å². The van der Waals surface area contributed by atoms with E-state index in [1.165, 1.54) is 5.38 Å². The Morgan fingerprint density at radius 2 is 2.16 bits per heavy atom. The maximum Gasteiger partial charge on any atom is 0.355 e. The van der Waals surface area contributed by atoms with Gasteiger partial charge in [0.15, 0.2) is 10.7 Å². The Bertz CT molecular complexity index is 654. The lowest BCUT2D eigenvalue weighted by Gasteiger charge is -2.04. The van der Waals surface area contributed by atoms with Gasteiger partial charge in [0, 0.05) is 16.1 Å². The van der Waals surface area contributed by atoms with Crippen LogP contribution in [0.2, 0.25) is 5.02 Å². The molecule has 0 saturated carbocycles. The van der Waals surface area contributed by atoms with Crippen LogP contribution in [0.1, 0.15) is 25.9 Å². The number of halogens is 1. The van der Waals surface area contributed by atoms with Gasteiger partial charge in [-0.3, -0.25) is 4.79 Å². The zero-order chi connectivity index (χ0) is 14.0. The highest BCUT2D eigenvalue weighted by molar-refractivity contribution is 7.12. The minimum absolute atomic E-state index is 0.0918. The summed E-state index contributed by atoms with van der Waals surface area (Å²) < 4.78 is 0. The normalized spacial score (nSPS) is 10.2. The third-order valence-corrected chi connectivity index (χ3v) is 3.60. The van der Waals surface area contributed by atoms with E-state index in [4.69, 9.17) is 16.7 Å². The fraction of sp³-hybridized carbons (Fsp3) is 0.0833. The number of hydrogen-bond acceptors (Lipinski definition) is 4. The van der Waals surface area contributed by atoms with Gasteiger partial charge in [0.1, 0.15) is 0 Å². The van der Waals surface area contributed by atoms with Crippen LogP contribution in [0.25, 0.3) is 0 Å². The number of benzene rings is 1. The third kappa shape index (κ3) is 3.10. The molecule has 98 valence electrons. The van der Waals surface area contributed by atoms with Gasteiger partial charge in [-0.05, 0) is 24.6 Å². The number of nitrogens with zero attached hydrogens (tertiary/aromatic N) is 1. The van der Waals surface area contributed by atoms with E-state index in [0.717, 1.165) is 16.9 Å². The fourth-order valence-electron chi connectivity index (χ4n) is 1.33. The molecule has 19 heavy (non-hydrogen) atoms. The SMILES string of the molecule is Cc1ccc(NC(=O)c2nc(C(=O)O)cs2)cc1Cl. The van der Waals surface area contributed by atoms with Gasteiger partial charge in [-0.1, -0.05) is 17.7 Å². The lowest BCUT2D eigenvalue weighted by atomic mass is 10.2. The first-order valence-corrected chi connectivity index (χ1v) is 6.49. The van der Waals surface area contributed by atoms with Gasteiger partial charge in [-0.15, -0.1) is 11.3 Å². The van der Waals surface area contributed by atoms with Gasteiger partial charge >= 0.3 is 5.97 Å². The smallest absolute Gasteiger partial charge is 0.355 e. The van der Waals surface area contributed by atoms with Crippen LogP contribution in [0.15, 0.2) is 23.6 Å². The highest BCUT2D eigenvalue weighted by Crippen LogP contribution is 2.21. The molecule has 1 aromatic heterocycles. The monoisotopic (exact) mass is 296 g/mol. The topological polar surface area (TPSA) is 79.3 Å². The Hall–Kier alpha value is -1.92. The van der Waals surface area contributed by atoms with Crippen molar-refractivity contribution in [3.05, 3.63) is 44.9 Å². The molecule has 0 aliphatic rings. The molecule has 0 fully saturated rings. The minimum atomic E-state index is -1.16. The van der Waals surface area contributed by atoms with Gasteiger partial charge in [0.25, 0.3) is 5.91 Å². The van der Waals surface area contributed by atoms with Crippen LogP contribution < -0.4 is 5.32 Å². The van der Waals surface area contributed by atoms with Gasteiger partial charge < -0.3 is 10.4 Å². The molecule has 1 amide bonds. The van der Waals surface area contributed by atoms with Crippen LogP contribution in [-0.4, -0.2) is 22.0 Å². The molecule has 0 unspecified atom stereocenters. The molecule has 0 spiro atoms. The molecule has 0 atom stereocenters. The second-order valence-corrected chi connectivity index (χ2v) is 5.03. The van der Waals surface area contributed by atoms with E-state index in [1.54, 1.807) is 18.2 Å². The molecule has 0 radical (unpaired) electrons. The molecular formula is C12H9ClN2O3S. The molecular weight excluding hydrogens is 288 g/mol. The van der Waals surface area contributed by atoms with Crippen molar-refractivity contribution in [3.8, 4) is 0 Å². The molecule has 2 aromatic rings. The van der Waals surface area contributed by atoms with Gasteiger partial charge in [0.2, 0.25) is 0 Å². The Labute approximate surface area is 117 Å². The van der Waals surface area contributed by atoms with Crippen LogP contribution in [-0.2, 0) is 0 Å². The summed E-state index contributed by atoms with van der Waals surface area (Å²) in [4.78, 5) is 26.2. The summed E-state index contributed by atoms with van der Waals surface area (Å²) in [5.74, 6) is -1.62. The van der Waals surface area contributed by atoms with E-state index in [1.807, 2.05) is 6.92 Å². The van der Waals surface area contributed by atoms with Gasteiger partial charge in [-0.25, -0.2) is 9.78 Å². The molecule has 2 N–H and O–H groups in total. The summed E-state index contributed by atoms with van der Waals surface area (Å²) in [6, 6.07) is 5.12. The number of thiazole rings is 1. The number of amides is 1. The predicted molar refractivity (Wildman–Crippen MR) is 73.2 cm³/mol.